The molecule has 0 aromatic heterocycles. The highest BCUT2D eigenvalue weighted by molar-refractivity contribution is 6.33. The largest absolute Gasteiger partial charge is 0.468 e. The van der Waals surface area contributed by atoms with E-state index in [1.807, 2.05) is 6.92 Å². The predicted molar refractivity (Wildman–Crippen MR) is 123 cm³/mol. The number of unbranched alkanes of at least 4 members (excludes halogenated alkanes) is 2. The molecule has 9 heteroatoms. The minimum absolute atomic E-state index is 0.165. The third kappa shape index (κ3) is 3.75. The molecular weight excluding hydrogens is 438 g/mol. The number of methoxy groups -OCH3 is 1. The van der Waals surface area contributed by atoms with Crippen molar-refractivity contribution >= 4 is 40.4 Å². The number of nitrogens with two attached hydrogens (primary N) is 1. The molecule has 0 aliphatic carbocycles. The fourth-order valence-corrected chi connectivity index (χ4v) is 4.60. The van der Waals surface area contributed by atoms with Crippen molar-refractivity contribution in [1.82, 2.24) is 9.80 Å². The van der Waals surface area contributed by atoms with E-state index in [0.29, 0.717) is 65.3 Å². The summed E-state index contributed by atoms with van der Waals surface area (Å²) in [6.45, 7) is 2.47. The van der Waals surface area contributed by atoms with Gasteiger partial charge in [0.1, 0.15) is 6.04 Å². The van der Waals surface area contributed by atoms with Gasteiger partial charge >= 0.3 is 5.97 Å². The highest BCUT2D eigenvalue weighted by Gasteiger charge is 2.39. The van der Waals surface area contributed by atoms with Crippen molar-refractivity contribution in [2.75, 3.05) is 20.2 Å². The molecule has 4 amide bonds. The van der Waals surface area contributed by atoms with Crippen molar-refractivity contribution in [3.63, 3.8) is 0 Å². The third-order valence-electron chi connectivity index (χ3n) is 6.45. The summed E-state index contributed by atoms with van der Waals surface area (Å²) in [4.78, 5) is 66.4. The van der Waals surface area contributed by atoms with Crippen LogP contribution in [0, 0.1) is 0 Å². The van der Waals surface area contributed by atoms with Gasteiger partial charge in [0, 0.05) is 46.1 Å². The van der Waals surface area contributed by atoms with E-state index < -0.39 is 35.6 Å². The molecule has 0 bridgehead atoms. The molecule has 0 spiro atoms. The first-order valence-corrected chi connectivity index (χ1v) is 11.5. The lowest BCUT2D eigenvalue weighted by Gasteiger charge is -2.32. The monoisotopic (exact) mass is 465 g/mol. The average Bonchev–Trinajstić information content (AvgIpc) is 2.84. The average molecular weight is 466 g/mol. The number of amides is 4. The van der Waals surface area contributed by atoms with Crippen LogP contribution in [0.2, 0.25) is 0 Å². The minimum Gasteiger partial charge on any atom is -0.468 e. The molecule has 1 atom stereocenters. The number of nitrogens with zero attached hydrogens (tertiary/aromatic N) is 2. The van der Waals surface area contributed by atoms with Crippen LogP contribution in [0.4, 0.5) is 0 Å². The van der Waals surface area contributed by atoms with Crippen molar-refractivity contribution < 1.29 is 28.7 Å². The number of hydrogen-bond acceptors (Lipinski definition) is 7. The number of rotatable bonds is 9. The van der Waals surface area contributed by atoms with Crippen LogP contribution in [0.15, 0.2) is 24.3 Å². The Hall–Kier alpha value is -3.59. The number of imide groups is 2. The molecule has 0 saturated heterocycles. The first-order chi connectivity index (χ1) is 16.3. The summed E-state index contributed by atoms with van der Waals surface area (Å²) < 4.78 is 4.61. The molecule has 9 nitrogen and oxygen atoms in total. The van der Waals surface area contributed by atoms with E-state index in [0.717, 1.165) is 6.42 Å². The maximum Gasteiger partial charge on any atom is 0.322 e. The van der Waals surface area contributed by atoms with Gasteiger partial charge in [0.05, 0.1) is 7.11 Å². The van der Waals surface area contributed by atoms with Crippen LogP contribution in [0.25, 0.3) is 10.8 Å². The third-order valence-corrected chi connectivity index (χ3v) is 6.45. The van der Waals surface area contributed by atoms with E-state index in [1.54, 1.807) is 24.3 Å². The van der Waals surface area contributed by atoms with Crippen LogP contribution in [-0.2, 0) is 9.53 Å². The Morgan fingerprint density at radius 1 is 0.794 bits per heavy atom. The summed E-state index contributed by atoms with van der Waals surface area (Å²) in [6, 6.07) is 5.51. The number of hydrogen-bond donors (Lipinski definition) is 1. The second kappa shape index (κ2) is 9.34. The Morgan fingerprint density at radius 2 is 1.21 bits per heavy atom. The summed E-state index contributed by atoms with van der Waals surface area (Å²) >= 11 is 0. The second-order valence-corrected chi connectivity index (χ2v) is 8.57. The van der Waals surface area contributed by atoms with Crippen molar-refractivity contribution in [2.24, 2.45) is 5.73 Å². The summed E-state index contributed by atoms with van der Waals surface area (Å²) in [5.74, 6) is -2.24. The number of ether oxygens (including phenoxy) is 1. The number of carbonyl (C=O) groups excluding carboxylic acids is 5. The van der Waals surface area contributed by atoms with Gasteiger partial charge in [0.25, 0.3) is 23.6 Å². The highest BCUT2D eigenvalue weighted by atomic mass is 16.5. The molecule has 2 aliphatic rings. The van der Waals surface area contributed by atoms with Crippen LogP contribution in [-0.4, -0.2) is 65.6 Å². The van der Waals surface area contributed by atoms with Gasteiger partial charge < -0.3 is 10.5 Å². The molecule has 2 aromatic rings. The predicted octanol–water partition coefficient (Wildman–Crippen LogP) is 2.50. The Kier molecular flexibility index (Phi) is 6.47. The molecule has 1 unspecified atom stereocenters. The van der Waals surface area contributed by atoms with Crippen molar-refractivity contribution in [3.05, 3.63) is 46.5 Å². The minimum atomic E-state index is -0.749. The first-order valence-electron chi connectivity index (χ1n) is 11.5. The Bertz CT molecular complexity index is 1150. The van der Waals surface area contributed by atoms with Crippen molar-refractivity contribution in [2.45, 2.75) is 45.1 Å². The molecule has 2 aromatic carbocycles. The van der Waals surface area contributed by atoms with Crippen LogP contribution >= 0.6 is 0 Å². The maximum atomic E-state index is 13.2. The number of carbonyl (C=O) groups is 5. The smallest absolute Gasteiger partial charge is 0.322 e. The van der Waals surface area contributed by atoms with Gasteiger partial charge in [-0.05, 0) is 49.9 Å². The topological polar surface area (TPSA) is 127 Å². The summed E-state index contributed by atoms with van der Waals surface area (Å²) in [6.07, 6.45) is 2.91. The normalized spacial score (nSPS) is 15.9. The lowest BCUT2D eigenvalue weighted by molar-refractivity contribution is -0.142. The summed E-state index contributed by atoms with van der Waals surface area (Å²) in [5.41, 5.74) is 6.99. The van der Waals surface area contributed by atoms with Gasteiger partial charge in [0.2, 0.25) is 0 Å². The molecule has 2 aliphatic heterocycles. The highest BCUT2D eigenvalue weighted by Crippen LogP contribution is 2.38. The molecule has 2 heterocycles. The SMILES string of the molecule is CCCCN1C(=O)c2ccc3c4c(ccc(c24)C1=O)C(=O)N(CCCCC(N)C(=O)OC)C3=O. The van der Waals surface area contributed by atoms with Gasteiger partial charge in [-0.25, -0.2) is 0 Å². The second-order valence-electron chi connectivity index (χ2n) is 8.57. The Morgan fingerprint density at radius 3 is 1.59 bits per heavy atom. The van der Waals surface area contributed by atoms with Crippen molar-refractivity contribution in [1.29, 1.82) is 0 Å². The van der Waals surface area contributed by atoms with Crippen LogP contribution < -0.4 is 5.73 Å². The summed E-state index contributed by atoms with van der Waals surface area (Å²) in [7, 11) is 1.27. The standard InChI is InChI=1S/C25H27N3O6/c1-3-4-12-27-21(29)14-8-10-16-20-17(11-9-15(19(14)20)22(27)30)24(32)28(23(16)31)13-6-5-7-18(26)25(33)34-2/h8-11,18H,3-7,12-13,26H2,1-2H3. The van der Waals surface area contributed by atoms with E-state index in [9.17, 15) is 24.0 Å². The molecule has 178 valence electrons. The summed E-state index contributed by atoms with van der Waals surface area (Å²) in [5, 5.41) is 0.744. The molecular formula is C25H27N3O6. The molecule has 0 fully saturated rings. The molecule has 34 heavy (non-hydrogen) atoms. The fraction of sp³-hybridized carbons (Fsp3) is 0.400. The zero-order valence-electron chi connectivity index (χ0n) is 19.3. The Labute approximate surface area is 196 Å². The first kappa shape index (κ1) is 23.6. The van der Waals surface area contributed by atoms with Crippen LogP contribution in [0.3, 0.4) is 0 Å². The quantitative estimate of drug-likeness (QED) is 0.342. The molecule has 0 saturated carbocycles. The van der Waals surface area contributed by atoms with E-state index >= 15 is 0 Å². The van der Waals surface area contributed by atoms with Gasteiger partial charge in [-0.3, -0.25) is 33.8 Å². The Balaban J connectivity index is 1.62. The van der Waals surface area contributed by atoms with Crippen molar-refractivity contribution in [3.8, 4) is 0 Å². The zero-order valence-corrected chi connectivity index (χ0v) is 19.3. The van der Waals surface area contributed by atoms with E-state index in [-0.39, 0.29) is 6.54 Å². The van der Waals surface area contributed by atoms with E-state index in [4.69, 9.17) is 5.73 Å². The maximum absolute atomic E-state index is 13.2. The lowest BCUT2D eigenvalue weighted by atomic mass is 9.86. The van der Waals surface area contributed by atoms with Gasteiger partial charge in [0.15, 0.2) is 0 Å². The molecule has 4 rings (SSSR count). The number of esters is 1. The molecule has 0 radical (unpaired) electrons. The van der Waals surface area contributed by atoms with E-state index in [1.165, 1.54) is 16.9 Å². The lowest BCUT2D eigenvalue weighted by Crippen LogP contribution is -2.43. The van der Waals surface area contributed by atoms with Crippen LogP contribution in [0.5, 0.6) is 0 Å². The van der Waals surface area contributed by atoms with E-state index in [2.05, 4.69) is 4.74 Å². The van der Waals surface area contributed by atoms with Gasteiger partial charge in [-0.1, -0.05) is 13.3 Å². The van der Waals surface area contributed by atoms with Crippen LogP contribution in [0.1, 0.15) is 80.5 Å². The fourth-order valence-electron chi connectivity index (χ4n) is 4.60. The number of benzene rings is 2. The van der Waals surface area contributed by atoms with Gasteiger partial charge in [-0.15, -0.1) is 0 Å². The molecule has 2 N–H and O–H groups in total. The van der Waals surface area contributed by atoms with Gasteiger partial charge in [-0.2, -0.15) is 0 Å². The zero-order chi connectivity index (χ0) is 24.6.